The van der Waals surface area contributed by atoms with Gasteiger partial charge < -0.3 is 19.2 Å². The number of carbonyl (C=O) groups is 1. The molecule has 0 aliphatic rings. The van der Waals surface area contributed by atoms with Crippen LogP contribution in [0.1, 0.15) is 13.0 Å². The first-order chi connectivity index (χ1) is 16.7. The molecule has 0 fully saturated rings. The van der Waals surface area contributed by atoms with Crippen LogP contribution < -0.4 is 25.3 Å². The summed E-state index contributed by atoms with van der Waals surface area (Å²) in [5.74, 6) is -0.534. The molecule has 0 radical (unpaired) electrons. The van der Waals surface area contributed by atoms with Crippen LogP contribution in [0, 0.1) is 0 Å². The van der Waals surface area contributed by atoms with Crippen LogP contribution in [-0.4, -0.2) is 33.1 Å². The summed E-state index contributed by atoms with van der Waals surface area (Å²) in [6, 6.07) is 16.4. The first-order valence-electron chi connectivity index (χ1n) is 10.5. The lowest BCUT2D eigenvalue weighted by Gasteiger charge is -2.16. The van der Waals surface area contributed by atoms with Gasteiger partial charge in [0.2, 0.25) is 5.91 Å². The third kappa shape index (κ3) is 4.85. The minimum atomic E-state index is -4.07. The van der Waals surface area contributed by atoms with Crippen LogP contribution in [0.5, 0.6) is 11.5 Å². The molecule has 35 heavy (non-hydrogen) atoms. The minimum absolute atomic E-state index is 0.0918. The molecule has 1 heterocycles. The number of ether oxygens (including phenoxy) is 2. The summed E-state index contributed by atoms with van der Waals surface area (Å²) >= 11 is 0. The number of rotatable bonds is 8. The summed E-state index contributed by atoms with van der Waals surface area (Å²) in [4.78, 5) is 25.1. The Morgan fingerprint density at radius 2 is 1.66 bits per heavy atom. The Morgan fingerprint density at radius 1 is 0.971 bits per heavy atom. The van der Waals surface area contributed by atoms with Crippen LogP contribution in [0.2, 0.25) is 0 Å². The molecular weight excluding hydrogens is 474 g/mol. The van der Waals surface area contributed by atoms with Gasteiger partial charge in [-0.25, -0.2) is 13.2 Å². The molecule has 1 amide bonds. The summed E-state index contributed by atoms with van der Waals surface area (Å²) < 4.78 is 45.4. The molecule has 3 aromatic carbocycles. The molecule has 1 atom stereocenters. The number of aromatic nitrogens is 1. The SMILES string of the molecule is COc1ccc(NS(=O)(=O)c2cc(NC(=O)C(C)n3c(=O)oc4ccccc43)ccc2OC)cc1. The van der Waals surface area contributed by atoms with Crippen molar-refractivity contribution in [1.29, 1.82) is 0 Å². The number of anilines is 2. The average Bonchev–Trinajstić information content (AvgIpc) is 3.19. The number of para-hydroxylation sites is 2. The van der Waals surface area contributed by atoms with Gasteiger partial charge in [-0.05, 0) is 61.5 Å². The first-order valence-corrected chi connectivity index (χ1v) is 12.0. The fourth-order valence-corrected chi connectivity index (χ4v) is 4.80. The highest BCUT2D eigenvalue weighted by Crippen LogP contribution is 2.30. The average molecular weight is 498 g/mol. The van der Waals surface area contributed by atoms with Gasteiger partial charge in [-0.1, -0.05) is 12.1 Å². The largest absolute Gasteiger partial charge is 0.497 e. The van der Waals surface area contributed by atoms with Gasteiger partial charge >= 0.3 is 5.76 Å². The van der Waals surface area contributed by atoms with Crippen molar-refractivity contribution >= 4 is 38.4 Å². The Kier molecular flexibility index (Phi) is 6.52. The van der Waals surface area contributed by atoms with Crippen molar-refractivity contribution < 1.29 is 27.1 Å². The van der Waals surface area contributed by atoms with Crippen LogP contribution in [0.15, 0.2) is 80.8 Å². The van der Waals surface area contributed by atoms with E-state index in [0.717, 1.165) is 0 Å². The smallest absolute Gasteiger partial charge is 0.420 e. The standard InChI is InChI=1S/C24H23N3O7S/c1-15(27-19-6-4-5-7-20(19)34-24(27)29)23(28)25-17-10-13-21(33-3)22(14-17)35(30,31)26-16-8-11-18(32-2)12-9-16/h4-15,26H,1-3H3,(H,25,28). The lowest BCUT2D eigenvalue weighted by atomic mass is 10.2. The first kappa shape index (κ1) is 23.9. The second-order valence-electron chi connectivity index (χ2n) is 7.57. The van der Waals surface area contributed by atoms with E-state index in [4.69, 9.17) is 13.9 Å². The number of benzene rings is 3. The van der Waals surface area contributed by atoms with Gasteiger partial charge in [-0.2, -0.15) is 0 Å². The third-order valence-electron chi connectivity index (χ3n) is 5.35. The highest BCUT2D eigenvalue weighted by atomic mass is 32.2. The number of nitrogens with one attached hydrogen (secondary N) is 2. The molecule has 0 spiro atoms. The molecule has 4 aromatic rings. The molecule has 0 bridgehead atoms. The van der Waals surface area contributed by atoms with E-state index in [9.17, 15) is 18.0 Å². The molecule has 11 heteroatoms. The fourth-order valence-electron chi connectivity index (χ4n) is 3.55. The molecule has 10 nitrogen and oxygen atoms in total. The van der Waals surface area contributed by atoms with Crippen LogP contribution in [-0.2, 0) is 14.8 Å². The second-order valence-corrected chi connectivity index (χ2v) is 9.22. The van der Waals surface area contributed by atoms with E-state index in [-0.39, 0.29) is 16.3 Å². The van der Waals surface area contributed by atoms with Crippen molar-refractivity contribution in [3.8, 4) is 11.5 Å². The number of hydrogen-bond donors (Lipinski definition) is 2. The summed E-state index contributed by atoms with van der Waals surface area (Å²) in [5, 5.41) is 2.66. The number of nitrogens with zero attached hydrogens (tertiary/aromatic N) is 1. The van der Waals surface area contributed by atoms with Crippen molar-refractivity contribution in [1.82, 2.24) is 4.57 Å². The van der Waals surface area contributed by atoms with Crippen LogP contribution in [0.3, 0.4) is 0 Å². The lowest BCUT2D eigenvalue weighted by molar-refractivity contribution is -0.118. The molecule has 2 N–H and O–H groups in total. The van der Waals surface area contributed by atoms with E-state index < -0.39 is 27.7 Å². The number of oxazole rings is 1. The highest BCUT2D eigenvalue weighted by molar-refractivity contribution is 7.92. The van der Waals surface area contributed by atoms with Gasteiger partial charge in [0.1, 0.15) is 22.4 Å². The Labute approximate surface area is 201 Å². The monoisotopic (exact) mass is 497 g/mol. The zero-order chi connectivity index (χ0) is 25.2. The van der Waals surface area contributed by atoms with Crippen molar-refractivity contribution in [3.05, 3.63) is 77.3 Å². The fraction of sp³-hybridized carbons (Fsp3) is 0.167. The maximum absolute atomic E-state index is 13.1. The zero-order valence-electron chi connectivity index (χ0n) is 19.1. The number of fused-ring (bicyclic) bond motifs is 1. The number of amides is 1. The van der Waals surface area contributed by atoms with Crippen molar-refractivity contribution in [2.75, 3.05) is 24.3 Å². The summed E-state index contributed by atoms with van der Waals surface area (Å²) in [5.41, 5.74) is 1.36. The molecule has 0 aliphatic heterocycles. The normalized spacial score (nSPS) is 12.2. The van der Waals surface area contributed by atoms with E-state index in [0.29, 0.717) is 22.5 Å². The Bertz CT molecular complexity index is 1540. The Hall–Kier alpha value is -4.25. The molecule has 0 saturated heterocycles. The van der Waals surface area contributed by atoms with E-state index in [2.05, 4.69) is 10.0 Å². The van der Waals surface area contributed by atoms with Gasteiger partial charge in [-0.3, -0.25) is 14.1 Å². The molecule has 182 valence electrons. The van der Waals surface area contributed by atoms with Gasteiger partial charge in [0.25, 0.3) is 10.0 Å². The predicted molar refractivity (Wildman–Crippen MR) is 131 cm³/mol. The molecular formula is C24H23N3O7S. The van der Waals surface area contributed by atoms with Crippen LogP contribution >= 0.6 is 0 Å². The maximum atomic E-state index is 13.1. The van der Waals surface area contributed by atoms with Gasteiger partial charge in [0.15, 0.2) is 5.58 Å². The minimum Gasteiger partial charge on any atom is -0.497 e. The number of methoxy groups -OCH3 is 2. The number of carbonyl (C=O) groups excluding carboxylic acids is 1. The third-order valence-corrected chi connectivity index (χ3v) is 6.75. The quantitative estimate of drug-likeness (QED) is 0.380. The molecule has 0 saturated carbocycles. The molecule has 1 aromatic heterocycles. The molecule has 4 rings (SSSR count). The van der Waals surface area contributed by atoms with Crippen molar-refractivity contribution in [2.45, 2.75) is 17.9 Å². The van der Waals surface area contributed by atoms with Gasteiger partial charge in [0, 0.05) is 11.4 Å². The van der Waals surface area contributed by atoms with Crippen LogP contribution in [0.4, 0.5) is 11.4 Å². The van der Waals surface area contributed by atoms with Crippen molar-refractivity contribution in [3.63, 3.8) is 0 Å². The number of sulfonamides is 1. The van der Waals surface area contributed by atoms with Crippen molar-refractivity contribution in [2.24, 2.45) is 0 Å². The van der Waals surface area contributed by atoms with Gasteiger partial charge in [-0.15, -0.1) is 0 Å². The summed E-state index contributed by atoms with van der Waals surface area (Å²) in [7, 11) is -1.21. The van der Waals surface area contributed by atoms with E-state index in [1.54, 1.807) is 55.5 Å². The van der Waals surface area contributed by atoms with E-state index in [1.807, 2.05) is 0 Å². The summed E-state index contributed by atoms with van der Waals surface area (Å²) in [6.07, 6.45) is 0. The zero-order valence-corrected chi connectivity index (χ0v) is 20.0. The highest BCUT2D eigenvalue weighted by Gasteiger charge is 2.24. The Morgan fingerprint density at radius 3 is 2.34 bits per heavy atom. The molecule has 1 unspecified atom stereocenters. The predicted octanol–water partition coefficient (Wildman–Crippen LogP) is 3.61. The topological polar surface area (TPSA) is 129 Å². The second kappa shape index (κ2) is 9.55. The Balaban J connectivity index is 1.61. The van der Waals surface area contributed by atoms with E-state index >= 15 is 0 Å². The van der Waals surface area contributed by atoms with Crippen LogP contribution in [0.25, 0.3) is 11.1 Å². The van der Waals surface area contributed by atoms with Gasteiger partial charge in [0.05, 0.1) is 19.7 Å². The molecule has 0 aliphatic carbocycles. The lowest BCUT2D eigenvalue weighted by Crippen LogP contribution is -2.29. The summed E-state index contributed by atoms with van der Waals surface area (Å²) in [6.45, 7) is 1.55. The number of hydrogen-bond acceptors (Lipinski definition) is 7. The van der Waals surface area contributed by atoms with E-state index in [1.165, 1.54) is 37.0 Å². The maximum Gasteiger partial charge on any atom is 0.420 e.